The summed E-state index contributed by atoms with van der Waals surface area (Å²) in [6.07, 6.45) is 2.72. The lowest BCUT2D eigenvalue weighted by Crippen LogP contribution is -2.24. The van der Waals surface area contributed by atoms with Crippen LogP contribution in [0.15, 0.2) is 89.9 Å². The first kappa shape index (κ1) is 19.7. The number of rotatable bonds is 6. The lowest BCUT2D eigenvalue weighted by Gasteiger charge is -2.09. The number of imidazole rings is 1. The zero-order valence-electron chi connectivity index (χ0n) is 17.6. The smallest absolute Gasteiger partial charge is 0.292 e. The molecule has 1 N–H and O–H groups in total. The molecule has 0 radical (unpaired) electrons. The summed E-state index contributed by atoms with van der Waals surface area (Å²) in [6.45, 7) is 2.59. The van der Waals surface area contributed by atoms with Crippen molar-refractivity contribution < 1.29 is 0 Å². The normalized spacial score (nSPS) is 11.0. The van der Waals surface area contributed by atoms with Crippen LogP contribution in [0.4, 0.5) is 0 Å². The van der Waals surface area contributed by atoms with Gasteiger partial charge in [0.1, 0.15) is 0 Å². The fourth-order valence-electron chi connectivity index (χ4n) is 3.93. The van der Waals surface area contributed by atoms with Crippen LogP contribution in [-0.2, 0) is 13.0 Å². The highest BCUT2D eigenvalue weighted by Crippen LogP contribution is 2.29. The molecule has 0 amide bonds. The maximum Gasteiger partial charge on any atom is 0.333 e. The number of para-hydroxylation sites is 1. The Balaban J connectivity index is 1.46. The molecule has 0 bridgehead atoms. The van der Waals surface area contributed by atoms with E-state index in [0.29, 0.717) is 12.4 Å². The van der Waals surface area contributed by atoms with Crippen LogP contribution in [0.3, 0.4) is 0 Å². The Morgan fingerprint density at radius 3 is 2.28 bits per heavy atom. The van der Waals surface area contributed by atoms with Crippen LogP contribution in [0, 0.1) is 0 Å². The van der Waals surface area contributed by atoms with Gasteiger partial charge in [-0.3, -0.25) is 9.13 Å². The quantitative estimate of drug-likeness (QED) is 0.447. The minimum atomic E-state index is -0.0282. The molecule has 0 fully saturated rings. The SMILES string of the molecule is CCc1cn(-c2ccccc2)c(=O)n1Cc1ccc(-c2ccccc2-c2nn[nH]n2)cc1. The number of hydrogen-bond donors (Lipinski definition) is 1. The summed E-state index contributed by atoms with van der Waals surface area (Å²) < 4.78 is 3.56. The Hall–Kier alpha value is -4.26. The van der Waals surface area contributed by atoms with Gasteiger partial charge in [-0.05, 0) is 40.5 Å². The molecule has 0 aliphatic carbocycles. The molecular formula is C25H22N6O. The minimum absolute atomic E-state index is 0.0282. The van der Waals surface area contributed by atoms with Gasteiger partial charge in [0.2, 0.25) is 5.82 Å². The molecule has 0 spiro atoms. The molecule has 2 heterocycles. The highest BCUT2D eigenvalue weighted by atomic mass is 16.1. The van der Waals surface area contributed by atoms with E-state index in [9.17, 15) is 4.79 Å². The Labute approximate surface area is 185 Å². The third-order valence-corrected chi connectivity index (χ3v) is 5.58. The predicted molar refractivity (Wildman–Crippen MR) is 124 cm³/mol. The van der Waals surface area contributed by atoms with Gasteiger partial charge in [0.25, 0.3) is 0 Å². The van der Waals surface area contributed by atoms with E-state index >= 15 is 0 Å². The Morgan fingerprint density at radius 2 is 1.59 bits per heavy atom. The van der Waals surface area contributed by atoms with E-state index in [1.807, 2.05) is 65.4 Å². The Bertz CT molecular complexity index is 1380. The van der Waals surface area contributed by atoms with Gasteiger partial charge in [0, 0.05) is 17.5 Å². The van der Waals surface area contributed by atoms with E-state index < -0.39 is 0 Å². The van der Waals surface area contributed by atoms with Crippen molar-refractivity contribution in [2.45, 2.75) is 19.9 Å². The van der Waals surface area contributed by atoms with Gasteiger partial charge in [-0.2, -0.15) is 5.21 Å². The Morgan fingerprint density at radius 1 is 0.875 bits per heavy atom. The molecule has 0 saturated carbocycles. The van der Waals surface area contributed by atoms with Gasteiger partial charge in [-0.1, -0.05) is 73.7 Å². The number of nitrogens with one attached hydrogen (secondary N) is 1. The van der Waals surface area contributed by atoms with E-state index in [4.69, 9.17) is 0 Å². The molecule has 0 atom stereocenters. The summed E-state index contributed by atoms with van der Waals surface area (Å²) in [5, 5.41) is 14.4. The summed E-state index contributed by atoms with van der Waals surface area (Å²) in [5.41, 5.74) is 5.91. The van der Waals surface area contributed by atoms with Crippen molar-refractivity contribution in [3.05, 3.63) is 107 Å². The number of aryl methyl sites for hydroxylation is 1. The van der Waals surface area contributed by atoms with Crippen LogP contribution in [-0.4, -0.2) is 29.8 Å². The second-order valence-electron chi connectivity index (χ2n) is 7.53. The molecule has 0 unspecified atom stereocenters. The topological polar surface area (TPSA) is 81.4 Å². The molecule has 7 heteroatoms. The molecule has 0 saturated heterocycles. The third-order valence-electron chi connectivity index (χ3n) is 5.58. The summed E-state index contributed by atoms with van der Waals surface area (Å²) in [4.78, 5) is 13.1. The van der Waals surface area contributed by atoms with Crippen LogP contribution >= 0.6 is 0 Å². The summed E-state index contributed by atoms with van der Waals surface area (Å²) in [6, 6.07) is 26.0. The molecular weight excluding hydrogens is 400 g/mol. The summed E-state index contributed by atoms with van der Waals surface area (Å²) in [5.74, 6) is 0.561. The van der Waals surface area contributed by atoms with Crippen molar-refractivity contribution in [3.8, 4) is 28.2 Å². The molecule has 7 nitrogen and oxygen atoms in total. The molecule has 3 aromatic carbocycles. The van der Waals surface area contributed by atoms with E-state index in [2.05, 4.69) is 51.8 Å². The van der Waals surface area contributed by atoms with Crippen molar-refractivity contribution in [3.63, 3.8) is 0 Å². The van der Waals surface area contributed by atoms with E-state index in [0.717, 1.165) is 40.1 Å². The lowest BCUT2D eigenvalue weighted by atomic mass is 9.98. The summed E-state index contributed by atoms with van der Waals surface area (Å²) >= 11 is 0. The highest BCUT2D eigenvalue weighted by Gasteiger charge is 2.13. The minimum Gasteiger partial charge on any atom is -0.292 e. The maximum atomic E-state index is 13.1. The number of H-pyrrole nitrogens is 1. The first-order valence-electron chi connectivity index (χ1n) is 10.5. The van der Waals surface area contributed by atoms with Gasteiger partial charge >= 0.3 is 5.69 Å². The molecule has 5 aromatic rings. The molecule has 158 valence electrons. The molecule has 2 aromatic heterocycles. The van der Waals surface area contributed by atoms with Gasteiger partial charge in [-0.15, -0.1) is 10.2 Å². The van der Waals surface area contributed by atoms with E-state index in [-0.39, 0.29) is 5.69 Å². The van der Waals surface area contributed by atoms with Crippen LogP contribution in [0.5, 0.6) is 0 Å². The zero-order valence-corrected chi connectivity index (χ0v) is 17.6. The number of nitrogens with zero attached hydrogens (tertiary/aromatic N) is 5. The van der Waals surface area contributed by atoms with Crippen molar-refractivity contribution in [2.24, 2.45) is 0 Å². The number of aromatic nitrogens is 6. The number of tetrazole rings is 1. The zero-order chi connectivity index (χ0) is 21.9. The van der Waals surface area contributed by atoms with Crippen LogP contribution < -0.4 is 5.69 Å². The largest absolute Gasteiger partial charge is 0.333 e. The van der Waals surface area contributed by atoms with Gasteiger partial charge in [0.15, 0.2) is 0 Å². The number of aromatic amines is 1. The average Bonchev–Trinajstić information content (AvgIpc) is 3.49. The first-order chi connectivity index (χ1) is 15.7. The monoisotopic (exact) mass is 422 g/mol. The number of benzene rings is 3. The number of hydrogen-bond acceptors (Lipinski definition) is 4. The second kappa shape index (κ2) is 8.47. The van der Waals surface area contributed by atoms with Gasteiger partial charge < -0.3 is 0 Å². The molecule has 32 heavy (non-hydrogen) atoms. The highest BCUT2D eigenvalue weighted by molar-refractivity contribution is 5.80. The molecule has 0 aliphatic heterocycles. The van der Waals surface area contributed by atoms with Crippen molar-refractivity contribution >= 4 is 0 Å². The second-order valence-corrected chi connectivity index (χ2v) is 7.53. The van der Waals surface area contributed by atoms with Crippen molar-refractivity contribution in [1.82, 2.24) is 29.8 Å². The fourth-order valence-corrected chi connectivity index (χ4v) is 3.93. The van der Waals surface area contributed by atoms with Gasteiger partial charge in [0.05, 0.1) is 12.2 Å². The predicted octanol–water partition coefficient (Wildman–Crippen LogP) is 4.10. The third kappa shape index (κ3) is 3.65. The molecule has 5 rings (SSSR count). The average molecular weight is 422 g/mol. The van der Waals surface area contributed by atoms with Crippen molar-refractivity contribution in [2.75, 3.05) is 0 Å². The first-order valence-corrected chi connectivity index (χ1v) is 10.5. The van der Waals surface area contributed by atoms with Crippen LogP contribution in [0.1, 0.15) is 18.2 Å². The van der Waals surface area contributed by atoms with E-state index in [1.165, 1.54) is 0 Å². The van der Waals surface area contributed by atoms with Crippen LogP contribution in [0.25, 0.3) is 28.2 Å². The summed E-state index contributed by atoms with van der Waals surface area (Å²) in [7, 11) is 0. The standard InChI is InChI=1S/C25H22N6O/c1-2-20-17-31(21-8-4-3-5-9-21)25(32)30(20)16-18-12-14-19(15-13-18)22-10-6-7-11-23(22)24-26-28-29-27-24/h3-15,17H,2,16H2,1H3,(H,26,27,28,29). The van der Waals surface area contributed by atoms with E-state index in [1.54, 1.807) is 4.57 Å². The van der Waals surface area contributed by atoms with Crippen LogP contribution in [0.2, 0.25) is 0 Å². The lowest BCUT2D eigenvalue weighted by molar-refractivity contribution is 0.707. The molecule has 0 aliphatic rings. The Kier molecular flexibility index (Phi) is 5.21. The maximum absolute atomic E-state index is 13.1. The van der Waals surface area contributed by atoms with Gasteiger partial charge in [-0.25, -0.2) is 4.79 Å². The fraction of sp³-hybridized carbons (Fsp3) is 0.120. The van der Waals surface area contributed by atoms with Crippen molar-refractivity contribution in [1.29, 1.82) is 0 Å².